The third-order valence-corrected chi connectivity index (χ3v) is 4.44. The van der Waals surface area contributed by atoms with Crippen molar-refractivity contribution in [3.8, 4) is 5.75 Å². The molecule has 0 bridgehead atoms. The normalized spacial score (nSPS) is 10.3. The van der Waals surface area contributed by atoms with E-state index in [4.69, 9.17) is 9.84 Å². The lowest BCUT2D eigenvalue weighted by Crippen LogP contribution is -2.03. The Labute approximate surface area is 130 Å². The summed E-state index contributed by atoms with van der Waals surface area (Å²) < 4.78 is 7.46. The number of aromatic carboxylic acids is 1. The first kappa shape index (κ1) is 13.8. The van der Waals surface area contributed by atoms with Crippen molar-refractivity contribution in [3.63, 3.8) is 0 Å². The fourth-order valence-electron chi connectivity index (χ4n) is 1.37. The van der Waals surface area contributed by atoms with Crippen molar-refractivity contribution in [2.45, 2.75) is 6.61 Å². The summed E-state index contributed by atoms with van der Waals surface area (Å²) in [4.78, 5) is 12.1. The largest absolute Gasteiger partial charge is 0.487 e. The average molecular weight is 439 g/mol. The quantitative estimate of drug-likeness (QED) is 0.720. The minimum atomic E-state index is -0.976. The summed E-state index contributed by atoms with van der Waals surface area (Å²) in [5.41, 5.74) is 0.192. The molecule has 0 atom stereocenters. The number of benzene rings is 1. The number of carboxylic acid groups (broad SMARTS) is 1. The van der Waals surface area contributed by atoms with E-state index in [-0.39, 0.29) is 5.56 Å². The van der Waals surface area contributed by atoms with Crippen LogP contribution in [0.3, 0.4) is 0 Å². The highest BCUT2D eigenvalue weighted by Crippen LogP contribution is 2.26. The summed E-state index contributed by atoms with van der Waals surface area (Å²) in [6, 6.07) is 9.00. The fraction of sp³-hybridized carbons (Fsp3) is 0.0833. The monoisotopic (exact) mass is 438 g/mol. The predicted molar refractivity (Wildman–Crippen MR) is 82.5 cm³/mol. The summed E-state index contributed by atoms with van der Waals surface area (Å²) in [6.45, 7) is 0.372. The molecule has 0 radical (unpaired) electrons. The van der Waals surface area contributed by atoms with Crippen LogP contribution in [0.2, 0.25) is 0 Å². The van der Waals surface area contributed by atoms with Gasteiger partial charge in [0.15, 0.2) is 0 Å². The molecule has 1 heterocycles. The van der Waals surface area contributed by atoms with Crippen LogP contribution in [0.5, 0.6) is 5.75 Å². The molecule has 0 fully saturated rings. The molecule has 0 aliphatic carbocycles. The molecule has 18 heavy (non-hydrogen) atoms. The van der Waals surface area contributed by atoms with Crippen LogP contribution in [0, 0.1) is 3.57 Å². The van der Waals surface area contributed by atoms with E-state index in [1.54, 1.807) is 23.5 Å². The molecule has 0 spiro atoms. The van der Waals surface area contributed by atoms with Crippen LogP contribution in [0.15, 0.2) is 34.1 Å². The van der Waals surface area contributed by atoms with Crippen molar-refractivity contribution in [1.29, 1.82) is 0 Å². The van der Waals surface area contributed by atoms with Crippen LogP contribution < -0.4 is 4.74 Å². The second-order valence-electron chi connectivity index (χ2n) is 3.44. The second kappa shape index (κ2) is 6.03. The number of halogens is 2. The molecule has 1 aromatic heterocycles. The number of carbonyl (C=O) groups is 1. The molecular formula is C12H8BrIO3S. The molecule has 0 aliphatic heterocycles. The lowest BCUT2D eigenvalue weighted by Gasteiger charge is -2.08. The minimum Gasteiger partial charge on any atom is -0.487 e. The maximum atomic E-state index is 11.1. The van der Waals surface area contributed by atoms with Gasteiger partial charge in [-0.15, -0.1) is 11.3 Å². The number of thiophene rings is 1. The van der Waals surface area contributed by atoms with Crippen molar-refractivity contribution in [3.05, 3.63) is 48.1 Å². The van der Waals surface area contributed by atoms with Crippen LogP contribution in [0.4, 0.5) is 0 Å². The van der Waals surface area contributed by atoms with E-state index in [9.17, 15) is 4.79 Å². The van der Waals surface area contributed by atoms with Gasteiger partial charge in [0.05, 0.1) is 3.79 Å². The van der Waals surface area contributed by atoms with Gasteiger partial charge in [-0.05, 0) is 68.9 Å². The van der Waals surface area contributed by atoms with Crippen LogP contribution in [-0.2, 0) is 6.61 Å². The highest BCUT2D eigenvalue weighted by atomic mass is 127. The van der Waals surface area contributed by atoms with Crippen molar-refractivity contribution in [1.82, 2.24) is 0 Å². The Kier molecular flexibility index (Phi) is 4.63. The van der Waals surface area contributed by atoms with Crippen LogP contribution in [0.1, 0.15) is 15.2 Å². The standard InChI is InChI=1S/C12H8BrIO3S/c13-11-4-2-8(18-11)6-17-10-3-1-7(14)5-9(10)12(15)16/h1-5H,6H2,(H,15,16). The zero-order valence-corrected chi connectivity index (χ0v) is 13.6. The fourth-order valence-corrected chi connectivity index (χ4v) is 3.26. The maximum Gasteiger partial charge on any atom is 0.339 e. The van der Waals surface area contributed by atoms with Gasteiger partial charge >= 0.3 is 5.97 Å². The van der Waals surface area contributed by atoms with Crippen LogP contribution in [0.25, 0.3) is 0 Å². The molecule has 0 aliphatic rings. The van der Waals surface area contributed by atoms with Crippen LogP contribution in [-0.4, -0.2) is 11.1 Å². The van der Waals surface area contributed by atoms with E-state index in [0.29, 0.717) is 12.4 Å². The molecule has 6 heteroatoms. The summed E-state index contributed by atoms with van der Waals surface area (Å²) in [7, 11) is 0. The molecule has 0 saturated heterocycles. The molecule has 94 valence electrons. The molecule has 2 aromatic rings. The van der Waals surface area contributed by atoms with E-state index in [1.807, 2.05) is 18.2 Å². The number of hydrogen-bond donors (Lipinski definition) is 1. The SMILES string of the molecule is O=C(O)c1cc(I)ccc1OCc1ccc(Br)s1. The predicted octanol–water partition coefficient (Wildman–Crippen LogP) is 4.39. The van der Waals surface area contributed by atoms with E-state index < -0.39 is 5.97 Å². The second-order valence-corrected chi connectivity index (χ2v) is 7.23. The van der Waals surface area contributed by atoms with E-state index in [0.717, 1.165) is 12.2 Å². The van der Waals surface area contributed by atoms with Gasteiger partial charge in [-0.25, -0.2) is 4.79 Å². The first-order valence-electron chi connectivity index (χ1n) is 4.96. The molecule has 2 rings (SSSR count). The van der Waals surface area contributed by atoms with Gasteiger partial charge in [-0.3, -0.25) is 0 Å². The van der Waals surface area contributed by atoms with Crippen molar-refractivity contribution in [2.24, 2.45) is 0 Å². The Morgan fingerprint density at radius 1 is 1.39 bits per heavy atom. The highest BCUT2D eigenvalue weighted by Gasteiger charge is 2.12. The Bertz CT molecular complexity index is 582. The maximum absolute atomic E-state index is 11.1. The van der Waals surface area contributed by atoms with Gasteiger partial charge in [-0.1, -0.05) is 0 Å². The van der Waals surface area contributed by atoms with Gasteiger partial charge in [-0.2, -0.15) is 0 Å². The average Bonchev–Trinajstić information content (AvgIpc) is 2.73. The van der Waals surface area contributed by atoms with Gasteiger partial charge < -0.3 is 9.84 Å². The lowest BCUT2D eigenvalue weighted by atomic mass is 10.2. The summed E-state index contributed by atoms with van der Waals surface area (Å²) >= 11 is 7.02. The third-order valence-electron chi connectivity index (χ3n) is 2.17. The topological polar surface area (TPSA) is 46.5 Å². The first-order chi connectivity index (χ1) is 8.56. The lowest BCUT2D eigenvalue weighted by molar-refractivity contribution is 0.0691. The molecule has 1 N–H and O–H groups in total. The number of ether oxygens (including phenoxy) is 1. The Hall–Kier alpha value is -0.600. The summed E-state index contributed by atoms with van der Waals surface area (Å²) in [5.74, 6) is -0.580. The number of hydrogen-bond acceptors (Lipinski definition) is 3. The molecule has 1 aromatic carbocycles. The van der Waals surface area contributed by atoms with Gasteiger partial charge in [0.1, 0.15) is 17.9 Å². The van der Waals surface area contributed by atoms with Crippen molar-refractivity contribution >= 4 is 55.8 Å². The molecule has 0 saturated carbocycles. The van der Waals surface area contributed by atoms with Gasteiger partial charge in [0.2, 0.25) is 0 Å². The van der Waals surface area contributed by atoms with Crippen molar-refractivity contribution in [2.75, 3.05) is 0 Å². The first-order valence-corrected chi connectivity index (χ1v) is 7.65. The van der Waals surface area contributed by atoms with Crippen molar-refractivity contribution < 1.29 is 14.6 Å². The smallest absolute Gasteiger partial charge is 0.339 e. The zero-order valence-electron chi connectivity index (χ0n) is 9.02. The van der Waals surface area contributed by atoms with E-state index in [1.165, 1.54) is 0 Å². The third kappa shape index (κ3) is 3.46. The van der Waals surface area contributed by atoms with Gasteiger partial charge in [0, 0.05) is 8.45 Å². The highest BCUT2D eigenvalue weighted by molar-refractivity contribution is 14.1. The number of carboxylic acids is 1. The van der Waals surface area contributed by atoms with E-state index in [2.05, 4.69) is 38.5 Å². The Balaban J connectivity index is 2.16. The summed E-state index contributed by atoms with van der Waals surface area (Å²) in [5, 5.41) is 9.10. The van der Waals surface area contributed by atoms with Gasteiger partial charge in [0.25, 0.3) is 0 Å². The molecule has 0 amide bonds. The Morgan fingerprint density at radius 2 is 2.17 bits per heavy atom. The minimum absolute atomic E-state index is 0.192. The molecule has 0 unspecified atom stereocenters. The number of rotatable bonds is 4. The Morgan fingerprint density at radius 3 is 2.78 bits per heavy atom. The molecular weight excluding hydrogens is 431 g/mol. The van der Waals surface area contributed by atoms with Crippen LogP contribution >= 0.6 is 49.9 Å². The molecule has 3 nitrogen and oxygen atoms in total. The van der Waals surface area contributed by atoms with E-state index >= 15 is 0 Å². The summed E-state index contributed by atoms with van der Waals surface area (Å²) in [6.07, 6.45) is 0. The zero-order chi connectivity index (χ0) is 13.1.